The third-order valence-corrected chi connectivity index (χ3v) is 2.42. The Morgan fingerprint density at radius 3 is 2.88 bits per heavy atom. The highest BCUT2D eigenvalue weighted by Gasteiger charge is 2.19. The minimum atomic E-state index is -0.721. The number of hydrogen-bond acceptors (Lipinski definition) is 5. The predicted octanol–water partition coefficient (Wildman–Crippen LogP) is 1.33. The number of nitrogens with zero attached hydrogens (tertiary/aromatic N) is 2. The van der Waals surface area contributed by atoms with Crippen LogP contribution in [0.4, 0.5) is 11.8 Å². The van der Waals surface area contributed by atoms with Crippen molar-refractivity contribution in [1.82, 2.24) is 9.97 Å². The van der Waals surface area contributed by atoms with Crippen molar-refractivity contribution in [3.8, 4) is 0 Å². The van der Waals surface area contributed by atoms with E-state index in [1.165, 1.54) is 0 Å². The molecule has 0 spiro atoms. The first-order valence-corrected chi connectivity index (χ1v) is 5.50. The molecule has 1 aromatic heterocycles. The van der Waals surface area contributed by atoms with Crippen LogP contribution in [0.1, 0.15) is 32.3 Å². The molecule has 0 aliphatic carbocycles. The lowest BCUT2D eigenvalue weighted by Crippen LogP contribution is -2.33. The van der Waals surface area contributed by atoms with E-state index in [2.05, 4.69) is 15.3 Å². The highest BCUT2D eigenvalue weighted by atomic mass is 16.3. The summed E-state index contributed by atoms with van der Waals surface area (Å²) in [7, 11) is 0. The van der Waals surface area contributed by atoms with Crippen LogP contribution in [0, 0.1) is 6.92 Å². The molecule has 0 radical (unpaired) electrons. The van der Waals surface area contributed by atoms with Gasteiger partial charge in [-0.05, 0) is 20.3 Å². The van der Waals surface area contributed by atoms with Crippen LogP contribution in [-0.4, -0.2) is 27.2 Å². The molecular formula is C11H20N4O. The predicted molar refractivity (Wildman–Crippen MR) is 65.2 cm³/mol. The highest BCUT2D eigenvalue weighted by Crippen LogP contribution is 2.15. The van der Waals surface area contributed by atoms with Crippen LogP contribution in [0.2, 0.25) is 0 Å². The van der Waals surface area contributed by atoms with Crippen molar-refractivity contribution in [3.05, 3.63) is 11.8 Å². The molecule has 0 aliphatic heterocycles. The van der Waals surface area contributed by atoms with Gasteiger partial charge in [0.1, 0.15) is 5.82 Å². The Balaban J connectivity index is 2.63. The first kappa shape index (κ1) is 12.7. The maximum atomic E-state index is 10.00. The molecular weight excluding hydrogens is 204 g/mol. The molecule has 0 fully saturated rings. The molecule has 1 unspecified atom stereocenters. The zero-order chi connectivity index (χ0) is 12.2. The van der Waals surface area contributed by atoms with Gasteiger partial charge in [0.05, 0.1) is 5.60 Å². The second-order valence-corrected chi connectivity index (χ2v) is 4.36. The molecule has 16 heavy (non-hydrogen) atoms. The molecule has 0 amide bonds. The number of aryl methyl sites for hydroxylation is 1. The van der Waals surface area contributed by atoms with Crippen molar-refractivity contribution >= 4 is 11.8 Å². The minimum Gasteiger partial charge on any atom is -0.388 e. The molecule has 1 aromatic rings. The van der Waals surface area contributed by atoms with Crippen LogP contribution in [-0.2, 0) is 0 Å². The molecule has 0 saturated heterocycles. The van der Waals surface area contributed by atoms with Gasteiger partial charge in [0.25, 0.3) is 0 Å². The molecule has 4 N–H and O–H groups in total. The van der Waals surface area contributed by atoms with Crippen LogP contribution in [0.5, 0.6) is 0 Å². The topological polar surface area (TPSA) is 84.1 Å². The van der Waals surface area contributed by atoms with Crippen LogP contribution in [0.15, 0.2) is 6.20 Å². The number of nitrogens with two attached hydrogens (primary N) is 1. The van der Waals surface area contributed by atoms with Gasteiger partial charge >= 0.3 is 0 Å². The van der Waals surface area contributed by atoms with Gasteiger partial charge in [-0.15, -0.1) is 0 Å². The summed E-state index contributed by atoms with van der Waals surface area (Å²) in [5.74, 6) is 0.923. The number of nitrogen functional groups attached to an aromatic ring is 1. The van der Waals surface area contributed by atoms with Gasteiger partial charge in [-0.25, -0.2) is 4.98 Å². The zero-order valence-electron chi connectivity index (χ0n) is 10.1. The summed E-state index contributed by atoms with van der Waals surface area (Å²) in [6.45, 7) is 6.21. The number of hydrogen-bond donors (Lipinski definition) is 3. The number of nitrogens with one attached hydrogen (secondary N) is 1. The Hall–Kier alpha value is -1.36. The average Bonchev–Trinajstić information content (AvgIpc) is 2.19. The smallest absolute Gasteiger partial charge is 0.221 e. The van der Waals surface area contributed by atoms with Crippen LogP contribution < -0.4 is 11.1 Å². The standard InChI is InChI=1S/C11H20N4O/c1-4-5-11(3,16)7-14-9-8(2)6-13-10(12)15-9/h6,16H,4-5,7H2,1-3H3,(H3,12,13,14,15). The lowest BCUT2D eigenvalue weighted by Gasteiger charge is -2.23. The molecule has 5 nitrogen and oxygen atoms in total. The fraction of sp³-hybridized carbons (Fsp3) is 0.636. The molecule has 0 aliphatic rings. The van der Waals surface area contributed by atoms with E-state index in [9.17, 15) is 5.11 Å². The quantitative estimate of drug-likeness (QED) is 0.702. The van der Waals surface area contributed by atoms with E-state index >= 15 is 0 Å². The van der Waals surface area contributed by atoms with E-state index in [0.29, 0.717) is 12.4 Å². The fourth-order valence-corrected chi connectivity index (χ4v) is 1.54. The van der Waals surface area contributed by atoms with Crippen molar-refractivity contribution in [1.29, 1.82) is 0 Å². The lowest BCUT2D eigenvalue weighted by atomic mass is 10.0. The van der Waals surface area contributed by atoms with Gasteiger partial charge < -0.3 is 16.2 Å². The number of anilines is 2. The summed E-state index contributed by atoms with van der Waals surface area (Å²) in [5, 5.41) is 13.1. The molecule has 0 aromatic carbocycles. The Morgan fingerprint density at radius 1 is 1.56 bits per heavy atom. The Bertz CT molecular complexity index is 352. The number of rotatable bonds is 5. The molecule has 1 atom stereocenters. The van der Waals surface area contributed by atoms with E-state index < -0.39 is 5.60 Å². The Labute approximate surface area is 96.1 Å². The monoisotopic (exact) mass is 224 g/mol. The van der Waals surface area contributed by atoms with Crippen LogP contribution in [0.3, 0.4) is 0 Å². The third-order valence-electron chi connectivity index (χ3n) is 2.42. The summed E-state index contributed by atoms with van der Waals surface area (Å²) in [6, 6.07) is 0. The van der Waals surface area contributed by atoms with Crippen LogP contribution in [0.25, 0.3) is 0 Å². The minimum absolute atomic E-state index is 0.239. The van der Waals surface area contributed by atoms with Crippen molar-refractivity contribution in [2.45, 2.75) is 39.2 Å². The summed E-state index contributed by atoms with van der Waals surface area (Å²) in [6.07, 6.45) is 3.36. The maximum absolute atomic E-state index is 10.00. The van der Waals surface area contributed by atoms with Crippen molar-refractivity contribution in [2.24, 2.45) is 0 Å². The van der Waals surface area contributed by atoms with Gasteiger partial charge in [0, 0.05) is 18.3 Å². The number of aliphatic hydroxyl groups is 1. The SMILES string of the molecule is CCCC(C)(O)CNc1nc(N)ncc1C. The van der Waals surface area contributed by atoms with E-state index in [1.807, 2.05) is 20.8 Å². The summed E-state index contributed by atoms with van der Waals surface area (Å²) < 4.78 is 0. The van der Waals surface area contributed by atoms with Gasteiger partial charge in [-0.2, -0.15) is 4.98 Å². The molecule has 90 valence electrons. The van der Waals surface area contributed by atoms with Gasteiger partial charge in [-0.3, -0.25) is 0 Å². The van der Waals surface area contributed by atoms with Gasteiger partial charge in [-0.1, -0.05) is 13.3 Å². The van der Waals surface area contributed by atoms with Gasteiger partial charge in [0.15, 0.2) is 0 Å². The summed E-state index contributed by atoms with van der Waals surface area (Å²) >= 11 is 0. The molecule has 1 rings (SSSR count). The van der Waals surface area contributed by atoms with E-state index in [0.717, 1.165) is 18.4 Å². The fourth-order valence-electron chi connectivity index (χ4n) is 1.54. The first-order valence-electron chi connectivity index (χ1n) is 5.50. The largest absolute Gasteiger partial charge is 0.388 e. The highest BCUT2D eigenvalue weighted by molar-refractivity contribution is 5.45. The van der Waals surface area contributed by atoms with Crippen molar-refractivity contribution in [2.75, 3.05) is 17.6 Å². The zero-order valence-corrected chi connectivity index (χ0v) is 10.1. The second-order valence-electron chi connectivity index (χ2n) is 4.36. The number of aromatic nitrogens is 2. The van der Waals surface area contributed by atoms with E-state index in [4.69, 9.17) is 5.73 Å². The summed E-state index contributed by atoms with van der Waals surface area (Å²) in [5.41, 5.74) is 5.70. The lowest BCUT2D eigenvalue weighted by molar-refractivity contribution is 0.0636. The van der Waals surface area contributed by atoms with Crippen LogP contribution >= 0.6 is 0 Å². The van der Waals surface area contributed by atoms with Crippen molar-refractivity contribution < 1.29 is 5.11 Å². The second kappa shape index (κ2) is 5.12. The molecule has 0 bridgehead atoms. The first-order chi connectivity index (χ1) is 7.44. The summed E-state index contributed by atoms with van der Waals surface area (Å²) in [4.78, 5) is 7.96. The normalized spacial score (nSPS) is 14.5. The van der Waals surface area contributed by atoms with E-state index in [-0.39, 0.29) is 5.95 Å². The average molecular weight is 224 g/mol. The third kappa shape index (κ3) is 3.66. The molecule has 0 saturated carbocycles. The Kier molecular flexibility index (Phi) is 4.06. The van der Waals surface area contributed by atoms with E-state index in [1.54, 1.807) is 6.20 Å². The Morgan fingerprint density at radius 2 is 2.25 bits per heavy atom. The maximum Gasteiger partial charge on any atom is 0.221 e. The molecule has 1 heterocycles. The molecule has 5 heteroatoms. The van der Waals surface area contributed by atoms with Gasteiger partial charge in [0.2, 0.25) is 5.95 Å². The van der Waals surface area contributed by atoms with Crippen molar-refractivity contribution in [3.63, 3.8) is 0 Å².